The molecule has 0 aromatic carbocycles. The second-order valence-electron chi connectivity index (χ2n) is 6.33. The Balaban J connectivity index is 1.47. The van der Waals surface area contributed by atoms with Crippen LogP contribution in [0.15, 0.2) is 41.3 Å². The van der Waals surface area contributed by atoms with E-state index in [-0.39, 0.29) is 0 Å². The van der Waals surface area contributed by atoms with Crippen LogP contribution in [0, 0.1) is 17.8 Å². The van der Waals surface area contributed by atoms with Crippen molar-refractivity contribution in [2.45, 2.75) is 19.6 Å². The van der Waals surface area contributed by atoms with Crippen LogP contribution in [-0.2, 0) is 6.54 Å². The fourth-order valence-corrected chi connectivity index (χ4v) is 2.69. The molecule has 1 aliphatic rings. The molecule has 1 fully saturated rings. The number of hydrogen-bond acceptors (Lipinski definition) is 6. The quantitative estimate of drug-likeness (QED) is 0.696. The molecule has 1 atom stereocenters. The van der Waals surface area contributed by atoms with Gasteiger partial charge in [0, 0.05) is 49.2 Å². The maximum absolute atomic E-state index is 9.73. The van der Waals surface area contributed by atoms with Crippen molar-refractivity contribution in [3.05, 3.63) is 53.9 Å². The molecule has 7 heteroatoms. The topological polar surface area (TPSA) is 89.0 Å². The molecule has 0 saturated carbocycles. The van der Waals surface area contributed by atoms with Crippen LogP contribution in [0.3, 0.4) is 0 Å². The van der Waals surface area contributed by atoms with Crippen molar-refractivity contribution in [2.75, 3.05) is 13.1 Å². The second-order valence-corrected chi connectivity index (χ2v) is 6.33. The van der Waals surface area contributed by atoms with Crippen LogP contribution in [0.25, 0.3) is 11.5 Å². The maximum atomic E-state index is 9.73. The highest BCUT2D eigenvalue weighted by Gasteiger charge is 2.14. The smallest absolute Gasteiger partial charge is 0.185 e. The zero-order chi connectivity index (χ0) is 17.9. The zero-order valence-electron chi connectivity index (χ0n) is 14.4. The Kier molecular flexibility index (Phi) is 4.52. The molecule has 0 spiro atoms. The SMILES string of the molecule is CC(O)c1nccn1Cc1cc(-c2ccc(C#CC3CNC3)cn2)on1. The van der Waals surface area contributed by atoms with Crippen molar-refractivity contribution >= 4 is 0 Å². The van der Waals surface area contributed by atoms with Gasteiger partial charge in [-0.2, -0.15) is 0 Å². The summed E-state index contributed by atoms with van der Waals surface area (Å²) in [5, 5.41) is 17.0. The van der Waals surface area contributed by atoms with Gasteiger partial charge in [0.15, 0.2) is 5.76 Å². The van der Waals surface area contributed by atoms with Crippen LogP contribution >= 0.6 is 0 Å². The van der Waals surface area contributed by atoms with Crippen LogP contribution in [0.5, 0.6) is 0 Å². The van der Waals surface area contributed by atoms with Gasteiger partial charge in [0.1, 0.15) is 23.3 Å². The van der Waals surface area contributed by atoms with Crippen LogP contribution in [0.2, 0.25) is 0 Å². The predicted molar refractivity (Wildman–Crippen MR) is 94.9 cm³/mol. The first kappa shape index (κ1) is 16.5. The van der Waals surface area contributed by atoms with Gasteiger partial charge in [0.2, 0.25) is 0 Å². The number of aliphatic hydroxyl groups is 1. The summed E-state index contributed by atoms with van der Waals surface area (Å²) >= 11 is 0. The van der Waals surface area contributed by atoms with Gasteiger partial charge in [-0.15, -0.1) is 0 Å². The highest BCUT2D eigenvalue weighted by atomic mass is 16.5. The van der Waals surface area contributed by atoms with Gasteiger partial charge in [-0.05, 0) is 19.1 Å². The molecule has 3 aromatic heterocycles. The minimum absolute atomic E-state index is 0.446. The zero-order valence-corrected chi connectivity index (χ0v) is 14.4. The van der Waals surface area contributed by atoms with E-state index in [0.29, 0.717) is 29.7 Å². The number of rotatable bonds is 4. The summed E-state index contributed by atoms with van der Waals surface area (Å²) in [6.45, 7) is 4.09. The van der Waals surface area contributed by atoms with Crippen molar-refractivity contribution in [2.24, 2.45) is 5.92 Å². The van der Waals surface area contributed by atoms with E-state index in [9.17, 15) is 5.11 Å². The lowest BCUT2D eigenvalue weighted by Crippen LogP contribution is -2.40. The Morgan fingerprint density at radius 2 is 2.27 bits per heavy atom. The number of aromatic nitrogens is 4. The van der Waals surface area contributed by atoms with Gasteiger partial charge >= 0.3 is 0 Å². The summed E-state index contributed by atoms with van der Waals surface area (Å²) in [7, 11) is 0. The molecule has 3 aromatic rings. The van der Waals surface area contributed by atoms with Gasteiger partial charge in [0.05, 0.1) is 6.54 Å². The van der Waals surface area contributed by atoms with Crippen LogP contribution in [0.1, 0.15) is 30.1 Å². The predicted octanol–water partition coefficient (Wildman–Crippen LogP) is 1.61. The third-order valence-corrected chi connectivity index (χ3v) is 4.23. The van der Waals surface area contributed by atoms with E-state index >= 15 is 0 Å². The Morgan fingerprint density at radius 3 is 2.96 bits per heavy atom. The summed E-state index contributed by atoms with van der Waals surface area (Å²) < 4.78 is 7.25. The van der Waals surface area contributed by atoms with E-state index in [1.807, 2.05) is 22.8 Å². The van der Waals surface area contributed by atoms with E-state index < -0.39 is 6.10 Å². The largest absolute Gasteiger partial charge is 0.385 e. The number of aliphatic hydroxyl groups excluding tert-OH is 1. The minimum atomic E-state index is -0.637. The van der Waals surface area contributed by atoms with Crippen LogP contribution in [-0.4, -0.2) is 37.9 Å². The molecule has 1 saturated heterocycles. The molecule has 0 amide bonds. The van der Waals surface area contributed by atoms with Gasteiger partial charge in [-0.3, -0.25) is 4.98 Å². The molecular formula is C19H19N5O2. The van der Waals surface area contributed by atoms with Crippen molar-refractivity contribution < 1.29 is 9.63 Å². The highest BCUT2D eigenvalue weighted by molar-refractivity contribution is 5.53. The Hall–Kier alpha value is -2.95. The number of nitrogens with zero attached hydrogens (tertiary/aromatic N) is 4. The molecule has 1 unspecified atom stereocenters. The van der Waals surface area contributed by atoms with Crippen molar-refractivity contribution in [1.29, 1.82) is 0 Å². The second kappa shape index (κ2) is 7.12. The average Bonchev–Trinajstić information content (AvgIpc) is 3.24. The van der Waals surface area contributed by atoms with E-state index in [2.05, 4.69) is 32.3 Å². The third kappa shape index (κ3) is 3.52. The Bertz CT molecular complexity index is 942. The first-order valence-electron chi connectivity index (χ1n) is 8.52. The summed E-state index contributed by atoms with van der Waals surface area (Å²) in [6.07, 6.45) is 4.57. The monoisotopic (exact) mass is 349 g/mol. The van der Waals surface area contributed by atoms with E-state index in [1.165, 1.54) is 0 Å². The van der Waals surface area contributed by atoms with Crippen molar-refractivity contribution in [3.63, 3.8) is 0 Å². The minimum Gasteiger partial charge on any atom is -0.385 e. The molecule has 4 heterocycles. The number of nitrogens with one attached hydrogen (secondary N) is 1. The maximum Gasteiger partial charge on any atom is 0.185 e. The first-order chi connectivity index (χ1) is 12.7. The highest BCUT2D eigenvalue weighted by Crippen LogP contribution is 2.20. The number of pyridine rings is 1. The van der Waals surface area contributed by atoms with Gasteiger partial charge in [-0.1, -0.05) is 17.0 Å². The lowest BCUT2D eigenvalue weighted by atomic mass is 10.0. The molecule has 0 bridgehead atoms. The van der Waals surface area contributed by atoms with Crippen molar-refractivity contribution in [3.8, 4) is 23.3 Å². The Labute approximate surface area is 151 Å². The van der Waals surface area contributed by atoms with Crippen LogP contribution < -0.4 is 5.32 Å². The summed E-state index contributed by atoms with van der Waals surface area (Å²) in [5.74, 6) is 8.00. The van der Waals surface area contributed by atoms with Gasteiger partial charge in [-0.25, -0.2) is 4.98 Å². The molecule has 1 aliphatic heterocycles. The summed E-state index contributed by atoms with van der Waals surface area (Å²) in [6, 6.07) is 5.66. The van der Waals surface area contributed by atoms with Gasteiger partial charge < -0.3 is 19.5 Å². The van der Waals surface area contributed by atoms with Crippen LogP contribution in [0.4, 0.5) is 0 Å². The normalized spacial score (nSPS) is 15.2. The lowest BCUT2D eigenvalue weighted by Gasteiger charge is -2.21. The molecule has 26 heavy (non-hydrogen) atoms. The van der Waals surface area contributed by atoms with E-state index in [0.717, 1.165) is 24.3 Å². The Morgan fingerprint density at radius 1 is 1.38 bits per heavy atom. The molecule has 7 nitrogen and oxygen atoms in total. The molecular weight excluding hydrogens is 330 g/mol. The van der Waals surface area contributed by atoms with E-state index in [4.69, 9.17) is 4.52 Å². The number of hydrogen-bond donors (Lipinski definition) is 2. The fourth-order valence-electron chi connectivity index (χ4n) is 2.69. The molecule has 4 rings (SSSR count). The third-order valence-electron chi connectivity index (χ3n) is 4.23. The summed E-state index contributed by atoms with van der Waals surface area (Å²) in [4.78, 5) is 8.57. The molecule has 132 valence electrons. The number of imidazole rings is 1. The average molecular weight is 349 g/mol. The standard InChI is InChI=1S/C19H19N5O2/c1-13(25)19-21-6-7-24(19)12-16-8-18(26-23-16)17-5-4-14(11-22-17)2-3-15-9-20-10-15/h4-8,11,13,15,20,25H,9-10,12H2,1H3. The van der Waals surface area contributed by atoms with Gasteiger partial charge in [0.25, 0.3) is 0 Å². The van der Waals surface area contributed by atoms with Crippen molar-refractivity contribution in [1.82, 2.24) is 25.0 Å². The lowest BCUT2D eigenvalue weighted by molar-refractivity contribution is 0.184. The fraction of sp³-hybridized carbons (Fsp3) is 0.316. The van der Waals surface area contributed by atoms with E-state index in [1.54, 1.807) is 25.5 Å². The molecule has 0 aliphatic carbocycles. The first-order valence-corrected chi connectivity index (χ1v) is 8.52. The molecule has 0 radical (unpaired) electrons. The summed E-state index contributed by atoms with van der Waals surface area (Å²) in [5.41, 5.74) is 2.34. The molecule has 2 N–H and O–H groups in total.